The smallest absolute Gasteiger partial charge is 0.308 e. The largest absolute Gasteiger partial charge is 0.337 e. The maximum Gasteiger partial charge on any atom is 0.308 e. The molecule has 1 fully saturated rings. The van der Waals surface area contributed by atoms with Crippen LogP contribution < -0.4 is 4.87 Å². The Morgan fingerprint density at radius 2 is 2.00 bits per heavy atom. The van der Waals surface area contributed by atoms with E-state index >= 15 is 0 Å². The number of nitroso groups, excluding NO2 is 1. The molecule has 3 rings (SSSR count). The summed E-state index contributed by atoms with van der Waals surface area (Å²) < 4.78 is 2.23. The van der Waals surface area contributed by atoms with E-state index in [9.17, 15) is 14.5 Å². The zero-order chi connectivity index (χ0) is 15.7. The van der Waals surface area contributed by atoms with Crippen molar-refractivity contribution in [3.05, 3.63) is 37.8 Å². The summed E-state index contributed by atoms with van der Waals surface area (Å²) >= 11 is 6.99. The lowest BCUT2D eigenvalue weighted by atomic mass is 10.3. The average Bonchev–Trinajstić information content (AvgIpc) is 2.82. The summed E-state index contributed by atoms with van der Waals surface area (Å²) in [7, 11) is 0. The minimum absolute atomic E-state index is 0.00498. The van der Waals surface area contributed by atoms with Gasteiger partial charge in [0.15, 0.2) is 0 Å². The fourth-order valence-corrected chi connectivity index (χ4v) is 3.62. The molecule has 0 radical (unpaired) electrons. The third-order valence-corrected chi connectivity index (χ3v) is 4.82. The van der Waals surface area contributed by atoms with Crippen LogP contribution in [-0.2, 0) is 11.3 Å². The Balaban J connectivity index is 1.78. The van der Waals surface area contributed by atoms with Crippen molar-refractivity contribution in [3.8, 4) is 0 Å². The highest BCUT2D eigenvalue weighted by Crippen LogP contribution is 2.21. The highest BCUT2D eigenvalue weighted by atomic mass is 35.5. The summed E-state index contributed by atoms with van der Waals surface area (Å²) in [5, 5.41) is 4.81. The molecule has 0 bridgehead atoms. The number of thiazole rings is 1. The van der Waals surface area contributed by atoms with Crippen LogP contribution in [0.25, 0.3) is 10.2 Å². The minimum Gasteiger partial charge on any atom is -0.337 e. The number of nitrogens with zero attached hydrogens (tertiary/aromatic N) is 4. The fourth-order valence-electron chi connectivity index (χ4n) is 2.45. The van der Waals surface area contributed by atoms with Gasteiger partial charge in [0.05, 0.1) is 28.6 Å². The van der Waals surface area contributed by atoms with Crippen molar-refractivity contribution >= 4 is 39.1 Å². The molecule has 1 amide bonds. The topological polar surface area (TPSA) is 75.0 Å². The first-order valence-electron chi connectivity index (χ1n) is 6.73. The summed E-state index contributed by atoms with van der Waals surface area (Å²) in [6, 6.07) is 5.17. The zero-order valence-corrected chi connectivity index (χ0v) is 13.1. The number of hydrogen-bond acceptors (Lipinski definition) is 5. The molecule has 0 atom stereocenters. The lowest BCUT2D eigenvalue weighted by Crippen LogP contribution is -2.48. The van der Waals surface area contributed by atoms with Crippen LogP contribution in [0.4, 0.5) is 0 Å². The Labute approximate surface area is 134 Å². The van der Waals surface area contributed by atoms with E-state index in [1.165, 1.54) is 9.58 Å². The van der Waals surface area contributed by atoms with Crippen molar-refractivity contribution in [1.82, 2.24) is 14.5 Å². The molecule has 9 heteroatoms. The lowest BCUT2D eigenvalue weighted by Gasteiger charge is -2.31. The molecule has 2 heterocycles. The van der Waals surface area contributed by atoms with Crippen LogP contribution in [0.5, 0.6) is 0 Å². The number of hydrogen-bond donors (Lipinski definition) is 0. The SMILES string of the molecule is O=NN1CCN(C(=O)Cn2c(=O)sc3cc(Cl)ccc32)CC1. The predicted octanol–water partition coefficient (Wildman–Crippen LogP) is 1.54. The van der Waals surface area contributed by atoms with Gasteiger partial charge in [-0.1, -0.05) is 22.9 Å². The number of halogens is 1. The number of amides is 1. The Bertz CT molecular complexity index is 779. The van der Waals surface area contributed by atoms with E-state index in [-0.39, 0.29) is 17.3 Å². The Morgan fingerprint density at radius 1 is 1.27 bits per heavy atom. The van der Waals surface area contributed by atoms with Crippen molar-refractivity contribution in [3.63, 3.8) is 0 Å². The van der Waals surface area contributed by atoms with Crippen molar-refractivity contribution < 1.29 is 4.79 Å². The van der Waals surface area contributed by atoms with Crippen LogP contribution in [-0.4, -0.2) is 46.6 Å². The van der Waals surface area contributed by atoms with Crippen LogP contribution in [0.2, 0.25) is 5.02 Å². The van der Waals surface area contributed by atoms with Crippen molar-refractivity contribution in [1.29, 1.82) is 0 Å². The summed E-state index contributed by atoms with van der Waals surface area (Å²) in [6.07, 6.45) is 0. The summed E-state index contributed by atoms with van der Waals surface area (Å²) in [5.41, 5.74) is 0.709. The second kappa shape index (κ2) is 6.05. The van der Waals surface area contributed by atoms with Gasteiger partial charge in [-0.25, -0.2) is 0 Å². The van der Waals surface area contributed by atoms with Gasteiger partial charge >= 0.3 is 4.87 Å². The molecule has 0 unspecified atom stereocenters. The molecule has 2 aromatic rings. The molecule has 7 nitrogen and oxygen atoms in total. The van der Waals surface area contributed by atoms with Crippen LogP contribution in [0.3, 0.4) is 0 Å². The van der Waals surface area contributed by atoms with Crippen molar-refractivity contribution in [2.24, 2.45) is 5.29 Å². The normalized spacial score (nSPS) is 15.3. The van der Waals surface area contributed by atoms with Crippen molar-refractivity contribution in [2.45, 2.75) is 6.54 Å². The first-order chi connectivity index (χ1) is 10.6. The highest BCUT2D eigenvalue weighted by Gasteiger charge is 2.22. The van der Waals surface area contributed by atoms with E-state index in [0.29, 0.717) is 36.7 Å². The molecule has 22 heavy (non-hydrogen) atoms. The Morgan fingerprint density at radius 3 is 2.68 bits per heavy atom. The zero-order valence-electron chi connectivity index (χ0n) is 11.6. The molecule has 1 aromatic carbocycles. The number of fused-ring (bicyclic) bond motifs is 1. The van der Waals surface area contributed by atoms with Gasteiger partial charge in [0.2, 0.25) is 5.91 Å². The maximum absolute atomic E-state index is 12.3. The van der Waals surface area contributed by atoms with Crippen LogP contribution in [0.15, 0.2) is 28.3 Å². The number of carbonyl (C=O) groups is 1. The third-order valence-electron chi connectivity index (χ3n) is 3.65. The van der Waals surface area contributed by atoms with Gasteiger partial charge in [-0.2, -0.15) is 0 Å². The molecule has 116 valence electrons. The van der Waals surface area contributed by atoms with Gasteiger partial charge in [-0.3, -0.25) is 19.2 Å². The first-order valence-corrected chi connectivity index (χ1v) is 7.93. The summed E-state index contributed by atoms with van der Waals surface area (Å²) in [4.78, 5) is 36.3. The van der Waals surface area contributed by atoms with Gasteiger partial charge in [-0.15, -0.1) is 4.91 Å². The molecule has 0 spiro atoms. The monoisotopic (exact) mass is 340 g/mol. The number of aromatic nitrogens is 1. The fraction of sp³-hybridized carbons (Fsp3) is 0.385. The highest BCUT2D eigenvalue weighted by molar-refractivity contribution is 7.16. The van der Waals surface area contributed by atoms with Crippen LogP contribution in [0.1, 0.15) is 0 Å². The minimum atomic E-state index is -0.182. The van der Waals surface area contributed by atoms with Gasteiger partial charge in [0, 0.05) is 18.1 Å². The molecule has 1 aromatic heterocycles. The number of piperazine rings is 1. The van der Waals surface area contributed by atoms with E-state index in [1.54, 1.807) is 23.1 Å². The van der Waals surface area contributed by atoms with E-state index in [4.69, 9.17) is 11.6 Å². The number of carbonyl (C=O) groups excluding carboxylic acids is 1. The molecule has 0 N–H and O–H groups in total. The summed E-state index contributed by atoms with van der Waals surface area (Å²) in [5.74, 6) is -0.137. The number of rotatable bonds is 3. The number of benzene rings is 1. The van der Waals surface area contributed by atoms with Crippen molar-refractivity contribution in [2.75, 3.05) is 26.2 Å². The van der Waals surface area contributed by atoms with Crippen LogP contribution >= 0.6 is 22.9 Å². The first kappa shape index (κ1) is 15.0. The standard InChI is InChI=1S/C13H13ClN4O3S/c14-9-1-2-10-11(7-9)22-13(20)18(10)8-12(19)16-3-5-17(15-21)6-4-16/h1-2,7H,3-6,8H2. The second-order valence-corrected chi connectivity index (χ2v) is 6.41. The third kappa shape index (κ3) is 2.84. The van der Waals surface area contributed by atoms with E-state index in [2.05, 4.69) is 5.29 Å². The molecule has 1 aliphatic heterocycles. The Hall–Kier alpha value is -1.93. The molecular formula is C13H13ClN4O3S. The Kier molecular flexibility index (Phi) is 4.12. The van der Waals surface area contributed by atoms with E-state index in [0.717, 1.165) is 16.0 Å². The molecule has 1 saturated heterocycles. The lowest BCUT2D eigenvalue weighted by molar-refractivity contribution is -0.133. The molecular weight excluding hydrogens is 328 g/mol. The van der Waals surface area contributed by atoms with E-state index in [1.807, 2.05) is 0 Å². The van der Waals surface area contributed by atoms with Gasteiger partial charge in [0.25, 0.3) is 0 Å². The van der Waals surface area contributed by atoms with Gasteiger partial charge in [0.1, 0.15) is 6.54 Å². The quantitative estimate of drug-likeness (QED) is 0.794. The molecule has 0 aliphatic carbocycles. The van der Waals surface area contributed by atoms with Gasteiger partial charge in [-0.05, 0) is 18.2 Å². The van der Waals surface area contributed by atoms with Gasteiger partial charge < -0.3 is 4.90 Å². The van der Waals surface area contributed by atoms with E-state index < -0.39 is 0 Å². The predicted molar refractivity (Wildman–Crippen MR) is 85.0 cm³/mol. The molecule has 0 saturated carbocycles. The molecule has 1 aliphatic rings. The average molecular weight is 341 g/mol. The maximum atomic E-state index is 12.3. The summed E-state index contributed by atoms with van der Waals surface area (Å²) in [6.45, 7) is 1.71. The second-order valence-electron chi connectivity index (χ2n) is 4.98. The van der Waals surface area contributed by atoms with Crippen LogP contribution in [0, 0.1) is 4.91 Å².